The number of nitrogens with one attached hydrogen (secondary N) is 1. The van der Waals surface area contributed by atoms with Gasteiger partial charge < -0.3 is 19.5 Å². The predicted octanol–water partition coefficient (Wildman–Crippen LogP) is 5.13. The van der Waals surface area contributed by atoms with Gasteiger partial charge in [-0.05, 0) is 42.8 Å². The van der Waals surface area contributed by atoms with Crippen LogP contribution in [-0.2, 0) is 6.54 Å². The number of methoxy groups -OCH3 is 2. The summed E-state index contributed by atoms with van der Waals surface area (Å²) in [4.78, 5) is 0. The second-order valence-electron chi connectivity index (χ2n) is 4.73. The molecule has 23 heavy (non-hydrogen) atoms. The van der Waals surface area contributed by atoms with Gasteiger partial charge in [-0.3, -0.25) is 0 Å². The molecule has 0 aromatic heterocycles. The van der Waals surface area contributed by atoms with Crippen LogP contribution in [0.3, 0.4) is 0 Å². The molecule has 0 heterocycles. The number of ether oxygens (including phenoxy) is 3. The van der Waals surface area contributed by atoms with E-state index in [9.17, 15) is 0 Å². The number of halogens is 2. The van der Waals surface area contributed by atoms with Crippen LogP contribution in [0.2, 0.25) is 5.02 Å². The fourth-order valence-corrected chi connectivity index (χ4v) is 2.83. The molecule has 2 aromatic carbocycles. The Morgan fingerprint density at radius 1 is 1.04 bits per heavy atom. The highest BCUT2D eigenvalue weighted by Gasteiger charge is 2.10. The van der Waals surface area contributed by atoms with Gasteiger partial charge in [0.05, 0.1) is 25.8 Å². The molecule has 0 aliphatic heterocycles. The third-order valence-corrected chi connectivity index (χ3v) is 4.30. The Labute approximate surface area is 149 Å². The zero-order chi connectivity index (χ0) is 16.8. The van der Waals surface area contributed by atoms with E-state index in [1.165, 1.54) is 0 Å². The number of rotatable bonds is 7. The molecule has 0 saturated heterocycles. The summed E-state index contributed by atoms with van der Waals surface area (Å²) < 4.78 is 17.0. The Morgan fingerprint density at radius 3 is 2.39 bits per heavy atom. The van der Waals surface area contributed by atoms with Gasteiger partial charge in [0.25, 0.3) is 0 Å². The summed E-state index contributed by atoms with van der Waals surface area (Å²) >= 11 is 9.70. The van der Waals surface area contributed by atoms with Crippen LogP contribution in [0, 0.1) is 0 Å². The maximum atomic E-state index is 6.13. The van der Waals surface area contributed by atoms with Crippen LogP contribution in [0.4, 0.5) is 5.69 Å². The summed E-state index contributed by atoms with van der Waals surface area (Å²) in [6.07, 6.45) is 0. The first-order valence-electron chi connectivity index (χ1n) is 7.15. The molecule has 1 N–H and O–H groups in total. The Bertz CT molecular complexity index is 679. The Morgan fingerprint density at radius 2 is 1.78 bits per heavy atom. The minimum atomic E-state index is 0.570. The van der Waals surface area contributed by atoms with Gasteiger partial charge in [-0.25, -0.2) is 0 Å². The SMILES string of the molecule is CCOc1cc(Br)c(CNc2ccc(OC)c(Cl)c2)cc1OC. The minimum absolute atomic E-state index is 0.570. The van der Waals surface area contributed by atoms with Crippen molar-refractivity contribution in [2.75, 3.05) is 26.1 Å². The van der Waals surface area contributed by atoms with Crippen molar-refractivity contribution in [3.8, 4) is 17.2 Å². The first-order chi connectivity index (χ1) is 11.1. The van der Waals surface area contributed by atoms with Gasteiger partial charge in [-0.1, -0.05) is 27.5 Å². The highest BCUT2D eigenvalue weighted by molar-refractivity contribution is 9.10. The van der Waals surface area contributed by atoms with Gasteiger partial charge in [0.15, 0.2) is 11.5 Å². The van der Waals surface area contributed by atoms with Crippen molar-refractivity contribution in [3.05, 3.63) is 45.4 Å². The van der Waals surface area contributed by atoms with Crippen molar-refractivity contribution in [1.29, 1.82) is 0 Å². The van der Waals surface area contributed by atoms with E-state index in [1.807, 2.05) is 37.3 Å². The number of anilines is 1. The molecule has 0 atom stereocenters. The first-order valence-corrected chi connectivity index (χ1v) is 8.32. The lowest BCUT2D eigenvalue weighted by atomic mass is 10.2. The van der Waals surface area contributed by atoms with Crippen LogP contribution < -0.4 is 19.5 Å². The van der Waals surface area contributed by atoms with Gasteiger partial charge >= 0.3 is 0 Å². The molecule has 124 valence electrons. The van der Waals surface area contributed by atoms with Crippen molar-refractivity contribution in [2.24, 2.45) is 0 Å². The number of benzene rings is 2. The van der Waals surface area contributed by atoms with E-state index in [1.54, 1.807) is 14.2 Å². The summed E-state index contributed by atoms with van der Waals surface area (Å²) in [6.45, 7) is 3.15. The van der Waals surface area contributed by atoms with Gasteiger partial charge in [0.1, 0.15) is 5.75 Å². The molecule has 0 spiro atoms. The van der Waals surface area contributed by atoms with E-state index in [-0.39, 0.29) is 0 Å². The third-order valence-electron chi connectivity index (χ3n) is 3.27. The quantitative estimate of drug-likeness (QED) is 0.699. The highest BCUT2D eigenvalue weighted by Crippen LogP contribution is 2.34. The van der Waals surface area contributed by atoms with E-state index >= 15 is 0 Å². The lowest BCUT2D eigenvalue weighted by Crippen LogP contribution is -2.02. The van der Waals surface area contributed by atoms with Crippen LogP contribution >= 0.6 is 27.5 Å². The molecular formula is C17H19BrClNO3. The lowest BCUT2D eigenvalue weighted by molar-refractivity contribution is 0.310. The van der Waals surface area contributed by atoms with E-state index in [2.05, 4.69) is 21.2 Å². The smallest absolute Gasteiger partial charge is 0.162 e. The molecule has 2 aromatic rings. The van der Waals surface area contributed by atoms with Crippen molar-refractivity contribution in [1.82, 2.24) is 0 Å². The molecule has 0 amide bonds. The second-order valence-corrected chi connectivity index (χ2v) is 5.99. The van der Waals surface area contributed by atoms with Gasteiger partial charge in [0, 0.05) is 16.7 Å². The molecule has 0 unspecified atom stereocenters. The minimum Gasteiger partial charge on any atom is -0.495 e. The van der Waals surface area contributed by atoms with Crippen LogP contribution in [0.5, 0.6) is 17.2 Å². The fourth-order valence-electron chi connectivity index (χ4n) is 2.11. The monoisotopic (exact) mass is 399 g/mol. The van der Waals surface area contributed by atoms with Crippen LogP contribution in [0.1, 0.15) is 12.5 Å². The Kier molecular flexibility index (Phi) is 6.42. The second kappa shape index (κ2) is 8.31. The van der Waals surface area contributed by atoms with E-state index < -0.39 is 0 Å². The standard InChI is InChI=1S/C17H19BrClNO3/c1-4-23-17-9-13(18)11(7-16(17)22-3)10-20-12-5-6-15(21-2)14(19)8-12/h5-9,20H,4,10H2,1-3H3. The molecule has 0 radical (unpaired) electrons. The van der Waals surface area contributed by atoms with Gasteiger partial charge in [-0.15, -0.1) is 0 Å². The van der Waals surface area contributed by atoms with E-state index in [4.69, 9.17) is 25.8 Å². The van der Waals surface area contributed by atoms with Gasteiger partial charge in [-0.2, -0.15) is 0 Å². The van der Waals surface area contributed by atoms with Crippen molar-refractivity contribution in [2.45, 2.75) is 13.5 Å². The topological polar surface area (TPSA) is 39.7 Å². The summed E-state index contributed by atoms with van der Waals surface area (Å²) in [5, 5.41) is 3.90. The van der Waals surface area contributed by atoms with Crippen molar-refractivity contribution < 1.29 is 14.2 Å². The molecule has 0 fully saturated rings. The molecule has 0 aliphatic carbocycles. The molecule has 0 bridgehead atoms. The zero-order valence-electron chi connectivity index (χ0n) is 13.3. The number of hydrogen-bond donors (Lipinski definition) is 1. The van der Waals surface area contributed by atoms with Crippen LogP contribution in [-0.4, -0.2) is 20.8 Å². The molecule has 0 saturated carbocycles. The molecule has 2 rings (SSSR count). The third kappa shape index (κ3) is 4.45. The van der Waals surface area contributed by atoms with Crippen LogP contribution in [0.15, 0.2) is 34.8 Å². The zero-order valence-corrected chi connectivity index (χ0v) is 15.6. The summed E-state index contributed by atoms with van der Waals surface area (Å²) in [6, 6.07) is 9.45. The van der Waals surface area contributed by atoms with Crippen molar-refractivity contribution in [3.63, 3.8) is 0 Å². The van der Waals surface area contributed by atoms with Crippen molar-refractivity contribution >= 4 is 33.2 Å². The fraction of sp³-hybridized carbons (Fsp3) is 0.294. The predicted molar refractivity (Wildman–Crippen MR) is 97.2 cm³/mol. The number of hydrogen-bond acceptors (Lipinski definition) is 4. The maximum absolute atomic E-state index is 6.13. The largest absolute Gasteiger partial charge is 0.495 e. The van der Waals surface area contributed by atoms with Crippen LogP contribution in [0.25, 0.3) is 0 Å². The first kappa shape index (κ1) is 17.8. The summed E-state index contributed by atoms with van der Waals surface area (Å²) in [7, 11) is 3.23. The molecular weight excluding hydrogens is 382 g/mol. The summed E-state index contributed by atoms with van der Waals surface area (Å²) in [5.74, 6) is 2.08. The Hall–Kier alpha value is -1.59. The molecule has 6 heteroatoms. The average Bonchev–Trinajstić information content (AvgIpc) is 2.54. The maximum Gasteiger partial charge on any atom is 0.162 e. The Balaban J connectivity index is 2.15. The highest BCUT2D eigenvalue weighted by atomic mass is 79.9. The summed E-state index contributed by atoms with van der Waals surface area (Å²) in [5.41, 5.74) is 1.97. The molecule has 4 nitrogen and oxygen atoms in total. The van der Waals surface area contributed by atoms with Gasteiger partial charge in [0.2, 0.25) is 0 Å². The average molecular weight is 401 g/mol. The molecule has 0 aliphatic rings. The van der Waals surface area contributed by atoms with E-state index in [0.717, 1.165) is 21.5 Å². The lowest BCUT2D eigenvalue weighted by Gasteiger charge is -2.14. The van der Waals surface area contributed by atoms with E-state index in [0.29, 0.717) is 29.7 Å². The normalized spacial score (nSPS) is 10.3.